The van der Waals surface area contributed by atoms with Gasteiger partial charge in [-0.05, 0) is 37.5 Å². The smallest absolute Gasteiger partial charge is 0.235 e. The van der Waals surface area contributed by atoms with Gasteiger partial charge in [-0.1, -0.05) is 66.4 Å². The van der Waals surface area contributed by atoms with Gasteiger partial charge in [0.25, 0.3) is 0 Å². The average molecular weight is 395 g/mol. The van der Waals surface area contributed by atoms with Gasteiger partial charge in [-0.25, -0.2) is 0 Å². The summed E-state index contributed by atoms with van der Waals surface area (Å²) in [4.78, 5) is 14.7. The number of nitrogens with zero attached hydrogens (tertiary/aromatic N) is 4. The molecule has 0 radical (unpaired) electrons. The van der Waals surface area contributed by atoms with Gasteiger partial charge >= 0.3 is 0 Å². The van der Waals surface area contributed by atoms with Crippen molar-refractivity contribution in [3.05, 3.63) is 77.1 Å². The summed E-state index contributed by atoms with van der Waals surface area (Å²) in [7, 11) is 1.85. The van der Waals surface area contributed by atoms with Crippen molar-refractivity contribution in [2.75, 3.05) is 7.05 Å². The van der Waals surface area contributed by atoms with Crippen molar-refractivity contribution in [3.63, 3.8) is 0 Å². The number of amides is 1. The Bertz CT molecular complexity index is 939. The summed E-state index contributed by atoms with van der Waals surface area (Å²) in [6, 6.07) is 18.4. The van der Waals surface area contributed by atoms with E-state index in [1.54, 1.807) is 4.90 Å². The van der Waals surface area contributed by atoms with Crippen molar-refractivity contribution in [2.24, 2.45) is 0 Å². The zero-order chi connectivity index (χ0) is 20.1. The molecule has 1 heterocycles. The monoisotopic (exact) mass is 394 g/mol. The summed E-state index contributed by atoms with van der Waals surface area (Å²) in [5.74, 6) is 0.930. The fraction of sp³-hybridized carbons (Fsp3) is 0.318. The van der Waals surface area contributed by atoms with Crippen LogP contribution in [0, 0.1) is 13.8 Å². The largest absolute Gasteiger partial charge is 0.340 e. The maximum Gasteiger partial charge on any atom is 0.235 e. The van der Waals surface area contributed by atoms with Crippen molar-refractivity contribution < 1.29 is 4.79 Å². The maximum atomic E-state index is 12.9. The zero-order valence-electron chi connectivity index (χ0n) is 16.8. The zero-order valence-corrected chi connectivity index (χ0v) is 17.6. The average Bonchev–Trinajstić information content (AvgIpc) is 3.03. The highest BCUT2D eigenvalue weighted by Gasteiger charge is 2.22. The van der Waals surface area contributed by atoms with Gasteiger partial charge in [0.1, 0.15) is 5.82 Å². The second-order valence-corrected chi connectivity index (χ2v) is 8.29. The van der Waals surface area contributed by atoms with Crippen molar-refractivity contribution >= 4 is 17.7 Å². The summed E-state index contributed by atoms with van der Waals surface area (Å²) < 4.78 is 2.06. The molecule has 0 bridgehead atoms. The van der Waals surface area contributed by atoms with Crippen LogP contribution in [-0.4, -0.2) is 37.9 Å². The third kappa shape index (κ3) is 4.81. The minimum absolute atomic E-state index is 0.0835. The number of aromatic nitrogens is 3. The van der Waals surface area contributed by atoms with E-state index in [4.69, 9.17) is 0 Å². The molecular formula is C22H26N4OS. The van der Waals surface area contributed by atoms with Gasteiger partial charge in [-0.2, -0.15) is 0 Å². The van der Waals surface area contributed by atoms with Crippen LogP contribution < -0.4 is 0 Å². The molecule has 0 spiro atoms. The quantitative estimate of drug-likeness (QED) is 0.567. The van der Waals surface area contributed by atoms with E-state index in [9.17, 15) is 4.79 Å². The molecule has 0 fully saturated rings. The minimum atomic E-state index is -0.243. The van der Waals surface area contributed by atoms with E-state index in [0.29, 0.717) is 13.1 Å². The SMILES string of the molecule is Cc1ccccc1CN(C)C(=O)C(C)Sc1nnc(C)n1Cc1ccccc1. The van der Waals surface area contributed by atoms with Crippen LogP contribution >= 0.6 is 11.8 Å². The Hall–Kier alpha value is -2.60. The van der Waals surface area contributed by atoms with Crippen LogP contribution in [-0.2, 0) is 17.9 Å². The number of aryl methyl sites for hydroxylation is 2. The normalized spacial score (nSPS) is 12.0. The number of carbonyl (C=O) groups excluding carboxylic acids is 1. The summed E-state index contributed by atoms with van der Waals surface area (Å²) in [5, 5.41) is 9.04. The van der Waals surface area contributed by atoms with Gasteiger partial charge in [0.05, 0.1) is 11.8 Å². The standard InChI is InChI=1S/C22H26N4OS/c1-16-10-8-9-13-20(16)15-25(4)21(27)17(2)28-22-24-23-18(3)26(22)14-19-11-6-5-7-12-19/h5-13,17H,14-15H2,1-4H3. The summed E-state index contributed by atoms with van der Waals surface area (Å²) in [6.45, 7) is 7.24. The van der Waals surface area contributed by atoms with Crippen molar-refractivity contribution in [3.8, 4) is 0 Å². The predicted octanol–water partition coefficient (Wildman–Crippen LogP) is 4.08. The van der Waals surface area contributed by atoms with Crippen LogP contribution in [0.1, 0.15) is 29.4 Å². The Balaban J connectivity index is 1.68. The first-order chi connectivity index (χ1) is 13.5. The molecule has 1 amide bonds. The van der Waals surface area contributed by atoms with Crippen molar-refractivity contribution in [1.29, 1.82) is 0 Å². The molecule has 3 rings (SSSR count). The van der Waals surface area contributed by atoms with Crippen LogP contribution in [0.4, 0.5) is 0 Å². The molecule has 3 aromatic rings. The maximum absolute atomic E-state index is 12.9. The molecule has 0 N–H and O–H groups in total. The van der Waals surface area contributed by atoms with Gasteiger partial charge < -0.3 is 9.47 Å². The fourth-order valence-corrected chi connectivity index (χ4v) is 4.05. The van der Waals surface area contributed by atoms with Gasteiger partial charge in [-0.15, -0.1) is 10.2 Å². The van der Waals surface area contributed by atoms with E-state index in [2.05, 4.69) is 46.0 Å². The Kier molecular flexibility index (Phi) is 6.52. The molecule has 5 nitrogen and oxygen atoms in total. The van der Waals surface area contributed by atoms with Crippen LogP contribution in [0.15, 0.2) is 59.8 Å². The Labute approximate surface area is 170 Å². The lowest BCUT2D eigenvalue weighted by Crippen LogP contribution is -2.33. The molecule has 0 aliphatic heterocycles. The summed E-state index contributed by atoms with van der Waals surface area (Å²) in [5.41, 5.74) is 3.54. The highest BCUT2D eigenvalue weighted by molar-refractivity contribution is 8.00. The molecule has 0 aliphatic rings. The third-order valence-corrected chi connectivity index (χ3v) is 5.83. The van der Waals surface area contributed by atoms with Crippen LogP contribution in [0.25, 0.3) is 0 Å². The number of hydrogen-bond acceptors (Lipinski definition) is 4. The molecule has 146 valence electrons. The number of carbonyl (C=O) groups is 1. The molecule has 1 atom stereocenters. The highest BCUT2D eigenvalue weighted by Crippen LogP contribution is 2.25. The van der Waals surface area contributed by atoms with E-state index >= 15 is 0 Å². The predicted molar refractivity (Wildman–Crippen MR) is 113 cm³/mol. The minimum Gasteiger partial charge on any atom is -0.340 e. The van der Waals surface area contributed by atoms with E-state index in [1.165, 1.54) is 28.5 Å². The Morgan fingerprint density at radius 1 is 1.07 bits per heavy atom. The Morgan fingerprint density at radius 2 is 1.75 bits per heavy atom. The van der Waals surface area contributed by atoms with Gasteiger partial charge in [0, 0.05) is 13.6 Å². The molecule has 0 saturated carbocycles. The first-order valence-electron chi connectivity index (χ1n) is 9.35. The first-order valence-corrected chi connectivity index (χ1v) is 10.2. The van der Waals surface area contributed by atoms with E-state index < -0.39 is 0 Å². The lowest BCUT2D eigenvalue weighted by molar-refractivity contribution is -0.129. The van der Waals surface area contributed by atoms with Crippen LogP contribution in [0.2, 0.25) is 0 Å². The van der Waals surface area contributed by atoms with E-state index in [0.717, 1.165) is 11.0 Å². The van der Waals surface area contributed by atoms with Crippen molar-refractivity contribution in [2.45, 2.75) is 44.3 Å². The highest BCUT2D eigenvalue weighted by atomic mass is 32.2. The molecule has 0 saturated heterocycles. The molecule has 2 aromatic carbocycles. The molecular weight excluding hydrogens is 368 g/mol. The lowest BCUT2D eigenvalue weighted by atomic mass is 10.1. The molecule has 28 heavy (non-hydrogen) atoms. The van der Waals surface area contributed by atoms with Crippen LogP contribution in [0.5, 0.6) is 0 Å². The number of hydrogen-bond donors (Lipinski definition) is 0. The third-order valence-electron chi connectivity index (χ3n) is 4.76. The van der Waals surface area contributed by atoms with E-state index in [-0.39, 0.29) is 11.2 Å². The lowest BCUT2D eigenvalue weighted by Gasteiger charge is -2.22. The Morgan fingerprint density at radius 3 is 2.46 bits per heavy atom. The van der Waals surface area contributed by atoms with Gasteiger partial charge in [-0.3, -0.25) is 4.79 Å². The molecule has 1 aromatic heterocycles. The topological polar surface area (TPSA) is 51.0 Å². The molecule has 1 unspecified atom stereocenters. The van der Waals surface area contributed by atoms with Crippen molar-refractivity contribution in [1.82, 2.24) is 19.7 Å². The number of thioether (sulfide) groups is 1. The number of rotatable bonds is 7. The summed E-state index contributed by atoms with van der Waals surface area (Å²) in [6.07, 6.45) is 0. The second-order valence-electron chi connectivity index (χ2n) is 6.98. The fourth-order valence-electron chi connectivity index (χ4n) is 3.04. The van der Waals surface area contributed by atoms with E-state index in [1.807, 2.05) is 51.2 Å². The first kappa shape index (κ1) is 20.1. The van der Waals surface area contributed by atoms with Crippen LogP contribution in [0.3, 0.4) is 0 Å². The van der Waals surface area contributed by atoms with Gasteiger partial charge in [0.15, 0.2) is 5.16 Å². The van der Waals surface area contributed by atoms with Gasteiger partial charge in [0.2, 0.25) is 5.91 Å². The second kappa shape index (κ2) is 9.06. The summed E-state index contributed by atoms with van der Waals surface area (Å²) >= 11 is 1.46. The molecule has 6 heteroatoms. The number of benzene rings is 2. The molecule has 0 aliphatic carbocycles.